The van der Waals surface area contributed by atoms with Crippen molar-refractivity contribution in [3.63, 3.8) is 0 Å². The fourth-order valence-electron chi connectivity index (χ4n) is 2.74. The molecule has 0 saturated carbocycles. The molecular weight excluding hydrogens is 402 g/mol. The zero-order valence-corrected chi connectivity index (χ0v) is 17.0. The molecule has 3 rings (SSSR count). The zero-order chi connectivity index (χ0) is 22.4. The van der Waals surface area contributed by atoms with Crippen LogP contribution >= 0.6 is 0 Å². The average molecular weight is 423 g/mol. The fourth-order valence-corrected chi connectivity index (χ4v) is 2.74. The largest absolute Gasteiger partial charge is 0.488 e. The number of benzene rings is 2. The third kappa shape index (κ3) is 5.27. The van der Waals surface area contributed by atoms with E-state index >= 15 is 0 Å². The van der Waals surface area contributed by atoms with Crippen molar-refractivity contribution in [2.45, 2.75) is 6.61 Å². The maximum absolute atomic E-state index is 12.5. The Bertz CT molecular complexity index is 1210. The molecule has 0 radical (unpaired) electrons. The number of hydrogen-bond acceptors (Lipinski definition) is 6. The summed E-state index contributed by atoms with van der Waals surface area (Å²) in [5, 5.41) is 2.39. The quantitative estimate of drug-likeness (QED) is 0.577. The SMILES string of the molecule is Cn1c(NC(=O)COC(=O)c2ccccc2OCc2ccccc2)cc(=O)n(C)c1=O. The van der Waals surface area contributed by atoms with E-state index in [1.54, 1.807) is 18.2 Å². The molecule has 0 unspecified atom stereocenters. The number of carbonyl (C=O) groups excluding carboxylic acids is 2. The minimum Gasteiger partial charge on any atom is -0.488 e. The number of para-hydroxylation sites is 1. The van der Waals surface area contributed by atoms with E-state index in [9.17, 15) is 19.2 Å². The first-order chi connectivity index (χ1) is 14.9. The summed E-state index contributed by atoms with van der Waals surface area (Å²) in [5.74, 6) is -1.11. The number of amides is 1. The van der Waals surface area contributed by atoms with Crippen LogP contribution in [0.4, 0.5) is 5.82 Å². The highest BCUT2D eigenvalue weighted by atomic mass is 16.5. The topological polar surface area (TPSA) is 109 Å². The Morgan fingerprint density at radius 1 is 0.935 bits per heavy atom. The predicted octanol–water partition coefficient (Wildman–Crippen LogP) is 1.46. The summed E-state index contributed by atoms with van der Waals surface area (Å²) < 4.78 is 12.8. The van der Waals surface area contributed by atoms with E-state index in [0.29, 0.717) is 5.75 Å². The number of ether oxygens (including phenoxy) is 2. The van der Waals surface area contributed by atoms with Gasteiger partial charge in [-0.25, -0.2) is 9.59 Å². The molecule has 1 amide bonds. The maximum atomic E-state index is 12.5. The van der Waals surface area contributed by atoms with Crippen molar-refractivity contribution in [2.24, 2.45) is 14.1 Å². The van der Waals surface area contributed by atoms with Gasteiger partial charge in [0.25, 0.3) is 11.5 Å². The molecule has 1 N–H and O–H groups in total. The Kier molecular flexibility index (Phi) is 6.66. The molecule has 31 heavy (non-hydrogen) atoms. The minimum absolute atomic E-state index is 0.000688. The molecule has 0 aliphatic carbocycles. The molecule has 1 aromatic heterocycles. The zero-order valence-electron chi connectivity index (χ0n) is 17.0. The summed E-state index contributed by atoms with van der Waals surface area (Å²) in [6.07, 6.45) is 0. The molecule has 9 nitrogen and oxygen atoms in total. The average Bonchev–Trinajstić information content (AvgIpc) is 2.79. The Balaban J connectivity index is 1.63. The van der Waals surface area contributed by atoms with Crippen LogP contribution in [0.1, 0.15) is 15.9 Å². The first-order valence-corrected chi connectivity index (χ1v) is 9.36. The van der Waals surface area contributed by atoms with Gasteiger partial charge in [0, 0.05) is 20.2 Å². The highest BCUT2D eigenvalue weighted by Crippen LogP contribution is 2.20. The van der Waals surface area contributed by atoms with Crippen LogP contribution in [0.3, 0.4) is 0 Å². The first kappa shape index (κ1) is 21.6. The van der Waals surface area contributed by atoms with Crippen molar-refractivity contribution in [3.8, 4) is 5.75 Å². The number of aromatic nitrogens is 2. The van der Waals surface area contributed by atoms with Crippen LogP contribution in [0, 0.1) is 0 Å². The number of rotatable bonds is 7. The lowest BCUT2D eigenvalue weighted by Crippen LogP contribution is -2.38. The summed E-state index contributed by atoms with van der Waals surface area (Å²) >= 11 is 0. The van der Waals surface area contributed by atoms with Crippen LogP contribution < -0.4 is 21.3 Å². The Morgan fingerprint density at radius 3 is 2.35 bits per heavy atom. The molecule has 9 heteroatoms. The molecule has 0 aliphatic heterocycles. The van der Waals surface area contributed by atoms with Crippen LogP contribution in [0.15, 0.2) is 70.3 Å². The monoisotopic (exact) mass is 423 g/mol. The molecule has 160 valence electrons. The van der Waals surface area contributed by atoms with Gasteiger partial charge in [0.1, 0.15) is 23.7 Å². The van der Waals surface area contributed by atoms with Gasteiger partial charge in [-0.3, -0.25) is 18.7 Å². The van der Waals surface area contributed by atoms with E-state index in [1.807, 2.05) is 30.3 Å². The summed E-state index contributed by atoms with van der Waals surface area (Å²) in [5.41, 5.74) is -0.0546. The van der Waals surface area contributed by atoms with Crippen molar-refractivity contribution >= 4 is 17.7 Å². The van der Waals surface area contributed by atoms with Crippen molar-refractivity contribution < 1.29 is 19.1 Å². The highest BCUT2D eigenvalue weighted by molar-refractivity contribution is 5.96. The summed E-state index contributed by atoms with van der Waals surface area (Å²) in [7, 11) is 2.74. The van der Waals surface area contributed by atoms with Crippen LogP contribution in [-0.4, -0.2) is 27.6 Å². The number of nitrogens with zero attached hydrogens (tertiary/aromatic N) is 2. The Labute approximate surface area is 177 Å². The Morgan fingerprint density at radius 2 is 1.61 bits per heavy atom. The van der Waals surface area contributed by atoms with Crippen LogP contribution in [-0.2, 0) is 30.2 Å². The second-order valence-corrected chi connectivity index (χ2v) is 6.66. The summed E-state index contributed by atoms with van der Waals surface area (Å²) in [6, 6.07) is 17.1. The molecule has 3 aromatic rings. The third-order valence-corrected chi connectivity index (χ3v) is 4.47. The van der Waals surface area contributed by atoms with E-state index in [1.165, 1.54) is 20.2 Å². The lowest BCUT2D eigenvalue weighted by Gasteiger charge is -2.12. The molecule has 1 heterocycles. The molecule has 0 aliphatic rings. The standard InChI is InChI=1S/C22H21N3O6/c1-24-18(12-20(27)25(2)22(24)29)23-19(26)14-31-21(28)16-10-6-7-11-17(16)30-13-15-8-4-3-5-9-15/h3-12H,13-14H2,1-2H3,(H,23,26). The van der Waals surface area contributed by atoms with Gasteiger partial charge >= 0.3 is 11.7 Å². The van der Waals surface area contributed by atoms with E-state index in [-0.39, 0.29) is 18.0 Å². The molecule has 0 fully saturated rings. The maximum Gasteiger partial charge on any atom is 0.342 e. The molecule has 2 aromatic carbocycles. The van der Waals surface area contributed by atoms with Gasteiger partial charge in [-0.2, -0.15) is 0 Å². The summed E-state index contributed by atoms with van der Waals surface area (Å²) in [6.45, 7) is -0.335. The normalized spacial score (nSPS) is 10.4. The van der Waals surface area contributed by atoms with Gasteiger partial charge in [-0.1, -0.05) is 42.5 Å². The van der Waals surface area contributed by atoms with Crippen molar-refractivity contribution in [2.75, 3.05) is 11.9 Å². The number of nitrogens with one attached hydrogen (secondary N) is 1. The molecule has 0 saturated heterocycles. The van der Waals surface area contributed by atoms with Crippen LogP contribution in [0.5, 0.6) is 5.75 Å². The van der Waals surface area contributed by atoms with Crippen molar-refractivity contribution in [3.05, 3.63) is 92.6 Å². The number of carbonyl (C=O) groups is 2. The lowest BCUT2D eigenvalue weighted by atomic mass is 10.2. The molecular formula is C22H21N3O6. The molecule has 0 atom stereocenters. The minimum atomic E-state index is -0.739. The summed E-state index contributed by atoms with van der Waals surface area (Å²) in [4.78, 5) is 48.3. The second kappa shape index (κ2) is 9.57. The molecule has 0 spiro atoms. The highest BCUT2D eigenvalue weighted by Gasteiger charge is 2.16. The van der Waals surface area contributed by atoms with Gasteiger partial charge in [-0.05, 0) is 17.7 Å². The van der Waals surface area contributed by atoms with Crippen molar-refractivity contribution in [1.29, 1.82) is 0 Å². The van der Waals surface area contributed by atoms with Gasteiger partial charge in [0.15, 0.2) is 6.61 Å². The van der Waals surface area contributed by atoms with E-state index < -0.39 is 29.7 Å². The van der Waals surface area contributed by atoms with Crippen molar-refractivity contribution in [1.82, 2.24) is 9.13 Å². The number of esters is 1. The predicted molar refractivity (Wildman–Crippen MR) is 113 cm³/mol. The van der Waals surface area contributed by atoms with E-state index in [2.05, 4.69) is 5.32 Å². The second-order valence-electron chi connectivity index (χ2n) is 6.66. The van der Waals surface area contributed by atoms with Gasteiger partial charge in [0.2, 0.25) is 0 Å². The van der Waals surface area contributed by atoms with Gasteiger partial charge < -0.3 is 14.8 Å². The fraction of sp³-hybridized carbons (Fsp3) is 0.182. The van der Waals surface area contributed by atoms with Crippen LogP contribution in [0.25, 0.3) is 0 Å². The van der Waals surface area contributed by atoms with Crippen LogP contribution in [0.2, 0.25) is 0 Å². The Hall–Kier alpha value is -4.14. The van der Waals surface area contributed by atoms with Gasteiger partial charge in [-0.15, -0.1) is 0 Å². The molecule has 0 bridgehead atoms. The number of anilines is 1. The third-order valence-electron chi connectivity index (χ3n) is 4.47. The number of hydrogen-bond donors (Lipinski definition) is 1. The smallest absolute Gasteiger partial charge is 0.342 e. The first-order valence-electron chi connectivity index (χ1n) is 9.36. The van der Waals surface area contributed by atoms with E-state index in [4.69, 9.17) is 9.47 Å². The van der Waals surface area contributed by atoms with E-state index in [0.717, 1.165) is 20.8 Å². The van der Waals surface area contributed by atoms with Gasteiger partial charge in [0.05, 0.1) is 0 Å². The lowest BCUT2D eigenvalue weighted by molar-refractivity contribution is -0.119.